The van der Waals surface area contributed by atoms with Gasteiger partial charge in [0.1, 0.15) is 11.4 Å². The molecule has 2 aliphatic heterocycles. The van der Waals surface area contributed by atoms with Gasteiger partial charge in [-0.3, -0.25) is 9.69 Å². The van der Waals surface area contributed by atoms with Crippen LogP contribution in [0.4, 0.5) is 4.79 Å². The van der Waals surface area contributed by atoms with E-state index in [9.17, 15) is 9.59 Å². The van der Waals surface area contributed by atoms with Crippen LogP contribution in [0.3, 0.4) is 0 Å². The summed E-state index contributed by atoms with van der Waals surface area (Å²) in [7, 11) is 0. The molecule has 1 aromatic carbocycles. The van der Waals surface area contributed by atoms with Crippen molar-refractivity contribution in [3.8, 4) is 0 Å². The maximum absolute atomic E-state index is 13.3. The first-order valence-electron chi connectivity index (χ1n) is 9.42. The molecular weight excluding hydrogens is 366 g/mol. The van der Waals surface area contributed by atoms with E-state index in [1.165, 1.54) is 4.90 Å². The number of halogens is 1. The van der Waals surface area contributed by atoms with E-state index in [4.69, 9.17) is 11.6 Å². The number of imide groups is 1. The summed E-state index contributed by atoms with van der Waals surface area (Å²) in [5, 5.41) is 12.1. The predicted octanol–water partition coefficient (Wildman–Crippen LogP) is 2.55. The molecule has 3 aliphatic rings. The van der Waals surface area contributed by atoms with Crippen LogP contribution in [-0.4, -0.2) is 31.6 Å². The van der Waals surface area contributed by atoms with Gasteiger partial charge in [-0.15, -0.1) is 10.2 Å². The number of aromatic nitrogens is 3. The highest BCUT2D eigenvalue weighted by Crippen LogP contribution is 2.42. The second-order valence-electron chi connectivity index (χ2n) is 7.52. The molecule has 7 nitrogen and oxygen atoms in total. The largest absolute Gasteiger partial charge is 0.325 e. The number of urea groups is 1. The number of carbonyl (C=O) groups is 2. The van der Waals surface area contributed by atoms with Crippen molar-refractivity contribution < 1.29 is 9.59 Å². The minimum Gasteiger partial charge on any atom is -0.319 e. The van der Waals surface area contributed by atoms with Gasteiger partial charge >= 0.3 is 6.03 Å². The Kier molecular flexibility index (Phi) is 3.75. The topological polar surface area (TPSA) is 80.1 Å². The maximum atomic E-state index is 13.3. The lowest BCUT2D eigenvalue weighted by Crippen LogP contribution is -2.41. The molecule has 5 rings (SSSR count). The van der Waals surface area contributed by atoms with Crippen molar-refractivity contribution in [1.29, 1.82) is 0 Å². The third-order valence-electron chi connectivity index (χ3n) is 5.96. The Morgan fingerprint density at radius 3 is 2.93 bits per heavy atom. The van der Waals surface area contributed by atoms with Gasteiger partial charge in [-0.2, -0.15) is 0 Å². The van der Waals surface area contributed by atoms with Crippen molar-refractivity contribution in [3.05, 3.63) is 46.0 Å². The third kappa shape index (κ3) is 2.48. The van der Waals surface area contributed by atoms with E-state index in [1.807, 2.05) is 12.1 Å². The van der Waals surface area contributed by atoms with Gasteiger partial charge in [-0.05, 0) is 48.9 Å². The van der Waals surface area contributed by atoms with Crippen molar-refractivity contribution >= 4 is 23.5 Å². The maximum Gasteiger partial charge on any atom is 0.325 e. The number of benzene rings is 1. The monoisotopic (exact) mass is 385 g/mol. The van der Waals surface area contributed by atoms with Crippen molar-refractivity contribution in [2.24, 2.45) is 0 Å². The van der Waals surface area contributed by atoms with Crippen LogP contribution in [0.2, 0.25) is 5.02 Å². The molecule has 2 aromatic rings. The van der Waals surface area contributed by atoms with Crippen LogP contribution in [0.1, 0.15) is 48.5 Å². The normalized spacial score (nSPS) is 24.1. The average molecular weight is 386 g/mol. The van der Waals surface area contributed by atoms with E-state index in [1.54, 1.807) is 6.07 Å². The van der Waals surface area contributed by atoms with Crippen LogP contribution in [0.15, 0.2) is 18.2 Å². The molecule has 1 atom stereocenters. The van der Waals surface area contributed by atoms with Crippen LogP contribution in [0.5, 0.6) is 0 Å². The number of nitrogens with one attached hydrogen (secondary N) is 1. The SMILES string of the molecule is O=C1N[C@@]2(CCc3cc(Cl)ccc32)C(=O)N1Cc1nnc2n1CCCCC2. The van der Waals surface area contributed by atoms with Crippen LogP contribution < -0.4 is 5.32 Å². The van der Waals surface area contributed by atoms with Gasteiger partial charge in [0.05, 0.1) is 6.54 Å². The summed E-state index contributed by atoms with van der Waals surface area (Å²) < 4.78 is 2.07. The van der Waals surface area contributed by atoms with E-state index < -0.39 is 5.54 Å². The van der Waals surface area contributed by atoms with Gasteiger partial charge in [0.15, 0.2) is 5.82 Å². The molecular formula is C19H20ClN5O2. The van der Waals surface area contributed by atoms with Crippen molar-refractivity contribution in [2.75, 3.05) is 0 Å². The third-order valence-corrected chi connectivity index (χ3v) is 6.19. The highest BCUT2D eigenvalue weighted by atomic mass is 35.5. The number of nitrogens with zero attached hydrogens (tertiary/aromatic N) is 4. The molecule has 0 saturated carbocycles. The van der Waals surface area contributed by atoms with Crippen LogP contribution in [-0.2, 0) is 36.3 Å². The molecule has 1 spiro atoms. The molecule has 0 bridgehead atoms. The fourth-order valence-corrected chi connectivity index (χ4v) is 4.76. The number of carbonyl (C=O) groups excluding carboxylic acids is 2. The summed E-state index contributed by atoms with van der Waals surface area (Å²) in [5.74, 6) is 1.42. The second-order valence-corrected chi connectivity index (χ2v) is 7.96. The van der Waals surface area contributed by atoms with E-state index in [-0.39, 0.29) is 18.5 Å². The molecule has 1 aromatic heterocycles. The van der Waals surface area contributed by atoms with E-state index in [0.29, 0.717) is 17.3 Å². The van der Waals surface area contributed by atoms with Crippen LogP contribution >= 0.6 is 11.6 Å². The lowest BCUT2D eigenvalue weighted by molar-refractivity contribution is -0.132. The fourth-order valence-electron chi connectivity index (χ4n) is 4.57. The zero-order valence-corrected chi connectivity index (χ0v) is 15.6. The Hall–Kier alpha value is -2.41. The minimum atomic E-state index is -0.974. The summed E-state index contributed by atoms with van der Waals surface area (Å²) in [5.41, 5.74) is 0.903. The average Bonchev–Trinajstić information content (AvgIpc) is 3.20. The standard InChI is InChI=1S/C19H20ClN5O2/c20-13-5-6-14-12(10-13)7-8-19(14)17(26)25(18(27)21-19)11-16-23-22-15-4-2-1-3-9-24(15)16/h5-6,10H,1-4,7-9,11H2,(H,21,27)/t19-/m1/s1. The first-order valence-corrected chi connectivity index (χ1v) is 9.80. The van der Waals surface area contributed by atoms with Gasteiger partial charge in [-0.1, -0.05) is 24.1 Å². The molecule has 27 heavy (non-hydrogen) atoms. The number of fused-ring (bicyclic) bond motifs is 3. The van der Waals surface area contributed by atoms with Crippen molar-refractivity contribution in [1.82, 2.24) is 25.0 Å². The zero-order valence-electron chi connectivity index (χ0n) is 14.9. The Labute approximate surface area is 161 Å². The van der Waals surface area contributed by atoms with Gasteiger partial charge < -0.3 is 9.88 Å². The van der Waals surface area contributed by atoms with Crippen molar-refractivity contribution in [2.45, 2.75) is 57.2 Å². The number of aryl methyl sites for hydroxylation is 2. The van der Waals surface area contributed by atoms with E-state index in [0.717, 1.165) is 55.6 Å². The Morgan fingerprint density at radius 2 is 2.04 bits per heavy atom. The lowest BCUT2D eigenvalue weighted by atomic mass is 9.92. The van der Waals surface area contributed by atoms with Crippen molar-refractivity contribution in [3.63, 3.8) is 0 Å². The molecule has 0 radical (unpaired) electrons. The molecule has 0 unspecified atom stereocenters. The Bertz CT molecular complexity index is 956. The minimum absolute atomic E-state index is 0.155. The lowest BCUT2D eigenvalue weighted by Gasteiger charge is -2.22. The summed E-state index contributed by atoms with van der Waals surface area (Å²) in [6.45, 7) is 0.996. The van der Waals surface area contributed by atoms with Gasteiger partial charge in [0.25, 0.3) is 5.91 Å². The highest BCUT2D eigenvalue weighted by Gasteiger charge is 2.55. The summed E-state index contributed by atoms with van der Waals surface area (Å²) in [6, 6.07) is 5.14. The van der Waals surface area contributed by atoms with Crippen LogP contribution in [0.25, 0.3) is 0 Å². The number of hydrogen-bond donors (Lipinski definition) is 1. The first kappa shape index (κ1) is 16.7. The highest BCUT2D eigenvalue weighted by molar-refractivity contribution is 6.30. The molecule has 140 valence electrons. The molecule has 1 saturated heterocycles. The molecule has 3 heterocycles. The molecule has 1 aliphatic carbocycles. The number of rotatable bonds is 2. The smallest absolute Gasteiger partial charge is 0.319 e. The summed E-state index contributed by atoms with van der Waals surface area (Å²) in [4.78, 5) is 27.3. The molecule has 1 N–H and O–H groups in total. The van der Waals surface area contributed by atoms with Gasteiger partial charge in [-0.25, -0.2) is 4.79 Å². The second kappa shape index (κ2) is 6.05. The quantitative estimate of drug-likeness (QED) is 0.805. The zero-order chi connectivity index (χ0) is 18.6. The Balaban J connectivity index is 1.46. The van der Waals surface area contributed by atoms with E-state index in [2.05, 4.69) is 20.1 Å². The number of hydrogen-bond acceptors (Lipinski definition) is 4. The predicted molar refractivity (Wildman–Crippen MR) is 98.1 cm³/mol. The summed E-state index contributed by atoms with van der Waals surface area (Å²) in [6.07, 6.45) is 5.50. The summed E-state index contributed by atoms with van der Waals surface area (Å²) >= 11 is 6.09. The van der Waals surface area contributed by atoms with Gasteiger partial charge in [0.2, 0.25) is 0 Å². The van der Waals surface area contributed by atoms with Crippen LogP contribution in [0, 0.1) is 0 Å². The molecule has 1 fully saturated rings. The fraction of sp³-hybridized carbons (Fsp3) is 0.474. The van der Waals surface area contributed by atoms with E-state index >= 15 is 0 Å². The molecule has 8 heteroatoms. The Morgan fingerprint density at radius 1 is 1.15 bits per heavy atom. The van der Waals surface area contributed by atoms with Gasteiger partial charge in [0, 0.05) is 18.0 Å². The molecule has 3 amide bonds. The number of amides is 3. The first-order chi connectivity index (χ1) is 13.1.